The molecule has 6 aromatic carbocycles. The Morgan fingerprint density at radius 2 is 0.578 bits per heavy atom. The summed E-state index contributed by atoms with van der Waals surface area (Å²) in [5, 5.41) is 0. The van der Waals surface area contributed by atoms with Crippen molar-refractivity contribution in [3.05, 3.63) is 143 Å². The molecule has 0 aliphatic carbocycles. The van der Waals surface area contributed by atoms with E-state index in [0.717, 1.165) is 33.4 Å². The maximum absolute atomic E-state index is 7.41. The predicted molar refractivity (Wildman–Crippen MR) is 260 cm³/mol. The van der Waals surface area contributed by atoms with E-state index in [2.05, 4.69) is 109 Å². The molecule has 0 bridgehead atoms. The summed E-state index contributed by atoms with van der Waals surface area (Å²) in [4.78, 5) is 0. The van der Waals surface area contributed by atoms with Gasteiger partial charge in [0.25, 0.3) is 0 Å². The molecule has 0 atom stereocenters. The van der Waals surface area contributed by atoms with Gasteiger partial charge in [0.1, 0.15) is 11.5 Å². The minimum atomic E-state index is -2.13. The first-order chi connectivity index (χ1) is 30.1. The lowest BCUT2D eigenvalue weighted by molar-refractivity contribution is 0.342. The number of hydrogen-bond donors (Lipinski definition) is 0. The molecule has 334 valence electrons. The van der Waals surface area contributed by atoms with Crippen LogP contribution in [0, 0.1) is 13.8 Å². The summed E-state index contributed by atoms with van der Waals surface area (Å²) >= 11 is 0. The third-order valence-electron chi connectivity index (χ3n) is 11.4. The molecule has 6 aromatic rings. The van der Waals surface area contributed by atoms with Gasteiger partial charge in [-0.2, -0.15) is 0 Å². The van der Waals surface area contributed by atoms with Crippen molar-refractivity contribution in [2.45, 2.75) is 119 Å². The van der Waals surface area contributed by atoms with Gasteiger partial charge in [0, 0.05) is 22.3 Å². The van der Waals surface area contributed by atoms with Crippen LogP contribution in [0.5, 0.6) is 57.5 Å². The monoisotopic (exact) mass is 898 g/mol. The normalized spacial score (nSPS) is 14.4. The zero-order valence-corrected chi connectivity index (χ0v) is 41.3. The number of rotatable bonds is 5. The second-order valence-corrected chi connectivity index (χ2v) is 22.6. The first kappa shape index (κ1) is 45.2. The molecule has 2 heterocycles. The third-order valence-corrected chi connectivity index (χ3v) is 13.5. The van der Waals surface area contributed by atoms with E-state index in [1.165, 1.54) is 11.1 Å². The summed E-state index contributed by atoms with van der Waals surface area (Å²) < 4.78 is 54.5. The number of benzene rings is 6. The van der Waals surface area contributed by atoms with Crippen molar-refractivity contribution < 1.29 is 36.6 Å². The van der Waals surface area contributed by atoms with Crippen LogP contribution in [-0.2, 0) is 21.7 Å². The van der Waals surface area contributed by atoms with E-state index in [1.807, 2.05) is 97.1 Å². The predicted octanol–water partition coefficient (Wildman–Crippen LogP) is 16.9. The number of ether oxygens (including phenoxy) is 2. The van der Waals surface area contributed by atoms with Gasteiger partial charge in [-0.25, -0.2) is 0 Å². The Morgan fingerprint density at radius 1 is 0.344 bits per heavy atom. The van der Waals surface area contributed by atoms with Gasteiger partial charge in [0.2, 0.25) is 0 Å². The molecule has 0 N–H and O–H groups in total. The van der Waals surface area contributed by atoms with Crippen LogP contribution in [0.1, 0.15) is 116 Å². The Labute approximate surface area is 382 Å². The van der Waals surface area contributed by atoms with Crippen LogP contribution in [0.25, 0.3) is 11.1 Å². The molecular formula is C54H60O8P2. The summed E-state index contributed by atoms with van der Waals surface area (Å²) in [5.41, 5.74) is 6.95. The standard InChI is InChI=1S/C54H60O8P2/c1-33-35(51(3,4)5)31-37(53(9,10)11)49(61-63-57-43-27-19-15-23-39(43)55-40-24-16-20-28-44(40)58-63)47(33)48-34(2)36(52(6,7)8)32-38(54(12,13)14)50(48)62-64-59-45-29-21-17-25-41(45)56-42-26-18-22-30-46(42)60-64/h15-32H,1-14H3. The van der Waals surface area contributed by atoms with E-state index in [0.29, 0.717) is 57.5 Å². The topological polar surface area (TPSA) is 73.8 Å². The quantitative estimate of drug-likeness (QED) is 0.158. The molecular weight excluding hydrogens is 839 g/mol. The Kier molecular flexibility index (Phi) is 11.9. The van der Waals surface area contributed by atoms with Crippen molar-refractivity contribution in [1.82, 2.24) is 0 Å². The second-order valence-electron chi connectivity index (χ2n) is 20.6. The van der Waals surface area contributed by atoms with Crippen LogP contribution in [0.15, 0.2) is 109 Å². The Morgan fingerprint density at radius 3 is 0.812 bits per heavy atom. The molecule has 2 aliphatic rings. The van der Waals surface area contributed by atoms with Crippen molar-refractivity contribution in [2.24, 2.45) is 0 Å². The minimum Gasteiger partial charge on any atom is -0.450 e. The highest BCUT2D eigenvalue weighted by Crippen LogP contribution is 2.60. The highest BCUT2D eigenvalue weighted by atomic mass is 31.2. The van der Waals surface area contributed by atoms with Crippen LogP contribution < -0.4 is 36.6 Å². The van der Waals surface area contributed by atoms with Crippen molar-refractivity contribution in [3.8, 4) is 68.6 Å². The van der Waals surface area contributed by atoms with Gasteiger partial charge in [-0.15, -0.1) is 0 Å². The van der Waals surface area contributed by atoms with Crippen molar-refractivity contribution in [2.75, 3.05) is 0 Å². The highest BCUT2D eigenvalue weighted by Gasteiger charge is 2.40. The fourth-order valence-corrected chi connectivity index (χ4v) is 10.4. The number of hydrogen-bond acceptors (Lipinski definition) is 8. The molecule has 0 saturated carbocycles. The molecule has 0 radical (unpaired) electrons. The summed E-state index contributed by atoms with van der Waals surface area (Å²) in [7, 11) is -4.25. The Balaban J connectivity index is 1.44. The van der Waals surface area contributed by atoms with Crippen LogP contribution in [0.3, 0.4) is 0 Å². The number of fused-ring (bicyclic) bond motifs is 4. The lowest BCUT2D eigenvalue weighted by atomic mass is 9.72. The Hall–Kier alpha value is -5.42. The van der Waals surface area contributed by atoms with Gasteiger partial charge in [-0.05, 0) is 106 Å². The summed E-state index contributed by atoms with van der Waals surface area (Å²) in [6, 6.07) is 35.1. The van der Waals surface area contributed by atoms with E-state index >= 15 is 0 Å². The first-order valence-electron chi connectivity index (χ1n) is 21.9. The smallest absolute Gasteiger partial charge is 0.450 e. The summed E-state index contributed by atoms with van der Waals surface area (Å²) in [5.74, 6) is 5.63. The van der Waals surface area contributed by atoms with Crippen molar-refractivity contribution in [3.63, 3.8) is 0 Å². The molecule has 0 fully saturated rings. The van der Waals surface area contributed by atoms with E-state index in [9.17, 15) is 0 Å². The lowest BCUT2D eigenvalue weighted by Crippen LogP contribution is -2.23. The van der Waals surface area contributed by atoms with Gasteiger partial charge in [-0.3, -0.25) is 0 Å². The molecule has 10 heteroatoms. The zero-order chi connectivity index (χ0) is 45.9. The second kappa shape index (κ2) is 16.9. The zero-order valence-electron chi connectivity index (χ0n) is 39.6. The maximum atomic E-state index is 7.41. The van der Waals surface area contributed by atoms with Crippen LogP contribution in [0.2, 0.25) is 0 Å². The van der Waals surface area contributed by atoms with Gasteiger partial charge in [0.05, 0.1) is 0 Å². The molecule has 2 aliphatic heterocycles. The molecule has 0 unspecified atom stereocenters. The molecule has 8 nitrogen and oxygen atoms in total. The summed E-state index contributed by atoms with van der Waals surface area (Å²) in [6.45, 7) is 31.3. The van der Waals surface area contributed by atoms with E-state index < -0.39 is 28.0 Å². The van der Waals surface area contributed by atoms with Crippen LogP contribution in [0.4, 0.5) is 0 Å². The minimum absolute atomic E-state index is 0.252. The fourth-order valence-electron chi connectivity index (χ4n) is 8.24. The first-order valence-corrected chi connectivity index (χ1v) is 24.0. The molecule has 0 spiro atoms. The van der Waals surface area contributed by atoms with E-state index in [-0.39, 0.29) is 10.8 Å². The summed E-state index contributed by atoms with van der Waals surface area (Å²) in [6.07, 6.45) is 0. The average molecular weight is 899 g/mol. The van der Waals surface area contributed by atoms with Crippen molar-refractivity contribution in [1.29, 1.82) is 0 Å². The molecule has 8 rings (SSSR count). The Bertz CT molecular complexity index is 2430. The van der Waals surface area contributed by atoms with Crippen LogP contribution >= 0.6 is 17.2 Å². The number of para-hydroxylation sites is 8. The molecule has 0 amide bonds. The fraction of sp³-hybridized carbons (Fsp3) is 0.333. The van der Waals surface area contributed by atoms with Crippen molar-refractivity contribution >= 4 is 17.2 Å². The third kappa shape index (κ3) is 9.10. The van der Waals surface area contributed by atoms with Gasteiger partial charge >= 0.3 is 17.2 Å². The van der Waals surface area contributed by atoms with Gasteiger partial charge in [-0.1, -0.05) is 144 Å². The van der Waals surface area contributed by atoms with Gasteiger partial charge < -0.3 is 36.6 Å². The van der Waals surface area contributed by atoms with E-state index in [4.69, 9.17) is 36.6 Å². The molecule has 0 saturated heterocycles. The van der Waals surface area contributed by atoms with Gasteiger partial charge in [0.15, 0.2) is 46.0 Å². The molecule has 0 aromatic heterocycles. The maximum Gasteiger partial charge on any atom is 0.530 e. The lowest BCUT2D eigenvalue weighted by Gasteiger charge is -2.36. The SMILES string of the molecule is Cc1c(C(C)(C)C)cc(C(C)(C)C)c(OP2Oc3ccccc3Oc3ccccc3O2)c1-c1c(C)c(C(C)(C)C)cc(C(C)(C)C)c1OP1Oc2ccccc2Oc2ccccc2O1. The molecule has 64 heavy (non-hydrogen) atoms. The van der Waals surface area contributed by atoms with Crippen LogP contribution in [-0.4, -0.2) is 0 Å². The largest absolute Gasteiger partial charge is 0.530 e. The van der Waals surface area contributed by atoms with E-state index in [1.54, 1.807) is 0 Å². The highest BCUT2D eigenvalue weighted by molar-refractivity contribution is 7.43. The average Bonchev–Trinajstić information content (AvgIpc) is 3.18.